The summed E-state index contributed by atoms with van der Waals surface area (Å²) >= 11 is 0. The number of benzene rings is 1. The van der Waals surface area contributed by atoms with Crippen LogP contribution >= 0.6 is 0 Å². The van der Waals surface area contributed by atoms with Gasteiger partial charge in [0.1, 0.15) is 0 Å². The van der Waals surface area contributed by atoms with Crippen LogP contribution in [0.1, 0.15) is 30.1 Å². The number of nitrogen functional groups attached to an aromatic ring is 1. The van der Waals surface area contributed by atoms with E-state index >= 15 is 0 Å². The number of phenols is 1. The topological polar surface area (TPSA) is 95.7 Å². The van der Waals surface area contributed by atoms with Crippen LogP contribution in [0.4, 0.5) is 5.69 Å². The molecule has 0 radical (unpaired) electrons. The number of aromatic hydroxyl groups is 1. The maximum absolute atomic E-state index is 12.4. The smallest absolute Gasteiger partial charge is 0.257 e. The van der Waals surface area contributed by atoms with Crippen LogP contribution in [0.3, 0.4) is 0 Å². The molecule has 0 spiro atoms. The number of nitrogens with one attached hydrogen (secondary N) is 1. The first kappa shape index (κ1) is 15.2. The predicted molar refractivity (Wildman–Crippen MR) is 79.8 cm³/mol. The standard InChI is InChI=1S/C15H21N3O3/c1-2-17-14(20)10-6-8-18(9-7-10)15(21)11-4-3-5-12(16)13(11)19/h3-5,10,19H,2,6-9,16H2,1H3,(H,17,20). The van der Waals surface area contributed by atoms with E-state index in [0.717, 1.165) is 0 Å². The molecule has 1 saturated heterocycles. The Bertz CT molecular complexity index is 537. The number of piperidine rings is 1. The van der Waals surface area contributed by atoms with Crippen LogP contribution in [0.2, 0.25) is 0 Å². The highest BCUT2D eigenvalue weighted by Gasteiger charge is 2.28. The zero-order valence-corrected chi connectivity index (χ0v) is 12.1. The molecule has 0 unspecified atom stereocenters. The second-order valence-electron chi connectivity index (χ2n) is 5.20. The summed E-state index contributed by atoms with van der Waals surface area (Å²) in [4.78, 5) is 25.8. The summed E-state index contributed by atoms with van der Waals surface area (Å²) < 4.78 is 0. The van der Waals surface area contributed by atoms with Crippen molar-refractivity contribution >= 4 is 17.5 Å². The van der Waals surface area contributed by atoms with E-state index in [2.05, 4.69) is 5.32 Å². The first-order valence-electron chi connectivity index (χ1n) is 7.19. The number of likely N-dealkylation sites (tertiary alicyclic amines) is 1. The Morgan fingerprint density at radius 1 is 1.38 bits per heavy atom. The summed E-state index contributed by atoms with van der Waals surface area (Å²) in [6.07, 6.45) is 1.28. The van der Waals surface area contributed by atoms with Gasteiger partial charge < -0.3 is 21.1 Å². The molecule has 1 fully saturated rings. The van der Waals surface area contributed by atoms with Gasteiger partial charge in [0.15, 0.2) is 5.75 Å². The van der Waals surface area contributed by atoms with Gasteiger partial charge in [0.05, 0.1) is 11.3 Å². The summed E-state index contributed by atoms with van der Waals surface area (Å²) in [6, 6.07) is 4.75. The largest absolute Gasteiger partial charge is 0.505 e. The molecule has 0 aliphatic carbocycles. The Kier molecular flexibility index (Phi) is 4.67. The van der Waals surface area contributed by atoms with E-state index in [1.54, 1.807) is 23.1 Å². The minimum Gasteiger partial charge on any atom is -0.505 e. The average molecular weight is 291 g/mol. The molecule has 1 aliphatic rings. The summed E-state index contributed by atoms with van der Waals surface area (Å²) in [5.74, 6) is -0.401. The Labute approximate surface area is 123 Å². The minimum atomic E-state index is -0.242. The Balaban J connectivity index is 2.00. The van der Waals surface area contributed by atoms with Crippen molar-refractivity contribution in [3.05, 3.63) is 23.8 Å². The zero-order chi connectivity index (χ0) is 15.4. The Hall–Kier alpha value is -2.24. The second-order valence-corrected chi connectivity index (χ2v) is 5.20. The summed E-state index contributed by atoms with van der Waals surface area (Å²) in [5.41, 5.74) is 6.02. The number of nitrogens with zero attached hydrogens (tertiary/aromatic N) is 1. The van der Waals surface area contributed by atoms with Crippen molar-refractivity contribution in [2.24, 2.45) is 5.92 Å². The van der Waals surface area contributed by atoms with Gasteiger partial charge in [-0.1, -0.05) is 6.07 Å². The molecule has 4 N–H and O–H groups in total. The van der Waals surface area contributed by atoms with Gasteiger partial charge in [0.2, 0.25) is 5.91 Å². The zero-order valence-electron chi connectivity index (χ0n) is 12.1. The molecule has 1 heterocycles. The average Bonchev–Trinajstić information content (AvgIpc) is 2.50. The molecular formula is C15H21N3O3. The van der Waals surface area contributed by atoms with E-state index < -0.39 is 0 Å². The number of phenolic OH excluding ortho intramolecular Hbond substituents is 1. The summed E-state index contributed by atoms with van der Waals surface area (Å²) in [6.45, 7) is 3.53. The van der Waals surface area contributed by atoms with Crippen LogP contribution < -0.4 is 11.1 Å². The van der Waals surface area contributed by atoms with Crippen LogP contribution in [0, 0.1) is 5.92 Å². The van der Waals surface area contributed by atoms with Crippen molar-refractivity contribution in [1.82, 2.24) is 10.2 Å². The molecular weight excluding hydrogens is 270 g/mol. The number of rotatable bonds is 3. The fraction of sp³-hybridized carbons (Fsp3) is 0.467. The first-order valence-corrected chi connectivity index (χ1v) is 7.19. The number of nitrogens with two attached hydrogens (primary N) is 1. The van der Waals surface area contributed by atoms with Gasteiger partial charge in [-0.2, -0.15) is 0 Å². The molecule has 1 aromatic rings. The lowest BCUT2D eigenvalue weighted by atomic mass is 9.95. The minimum absolute atomic E-state index is 0.0385. The Morgan fingerprint density at radius 3 is 2.67 bits per heavy atom. The number of hydrogen-bond acceptors (Lipinski definition) is 4. The van der Waals surface area contributed by atoms with E-state index in [0.29, 0.717) is 32.5 Å². The van der Waals surface area contributed by atoms with E-state index in [1.807, 2.05) is 6.92 Å². The maximum Gasteiger partial charge on any atom is 0.257 e. The highest BCUT2D eigenvalue weighted by Crippen LogP contribution is 2.27. The summed E-state index contributed by atoms with van der Waals surface area (Å²) in [7, 11) is 0. The van der Waals surface area contributed by atoms with E-state index in [1.165, 1.54) is 0 Å². The third kappa shape index (κ3) is 3.26. The number of carbonyl (C=O) groups is 2. The fourth-order valence-electron chi connectivity index (χ4n) is 2.57. The highest BCUT2D eigenvalue weighted by atomic mass is 16.3. The molecule has 2 amide bonds. The lowest BCUT2D eigenvalue weighted by molar-refractivity contribution is -0.126. The van der Waals surface area contributed by atoms with E-state index in [9.17, 15) is 14.7 Å². The van der Waals surface area contributed by atoms with Gasteiger partial charge in [0, 0.05) is 25.6 Å². The van der Waals surface area contributed by atoms with Gasteiger partial charge in [0.25, 0.3) is 5.91 Å². The van der Waals surface area contributed by atoms with Crippen LogP contribution in [0.5, 0.6) is 5.75 Å². The van der Waals surface area contributed by atoms with Gasteiger partial charge in [-0.3, -0.25) is 9.59 Å². The molecule has 1 aromatic carbocycles. The van der Waals surface area contributed by atoms with Crippen molar-refractivity contribution in [2.45, 2.75) is 19.8 Å². The first-order chi connectivity index (χ1) is 10.0. The molecule has 0 saturated carbocycles. The molecule has 21 heavy (non-hydrogen) atoms. The van der Waals surface area contributed by atoms with Crippen LogP contribution in [0.15, 0.2) is 18.2 Å². The lowest BCUT2D eigenvalue weighted by Crippen LogP contribution is -2.43. The molecule has 0 aromatic heterocycles. The number of para-hydroxylation sites is 1. The fourth-order valence-corrected chi connectivity index (χ4v) is 2.57. The molecule has 2 rings (SSSR count). The SMILES string of the molecule is CCNC(=O)C1CCN(C(=O)c2cccc(N)c2O)CC1. The quantitative estimate of drug-likeness (QED) is 0.571. The van der Waals surface area contributed by atoms with Crippen LogP contribution in [0.25, 0.3) is 0 Å². The van der Waals surface area contributed by atoms with Gasteiger partial charge in [-0.05, 0) is 31.9 Å². The van der Waals surface area contributed by atoms with Gasteiger partial charge >= 0.3 is 0 Å². The van der Waals surface area contributed by atoms with Crippen molar-refractivity contribution in [1.29, 1.82) is 0 Å². The molecule has 1 aliphatic heterocycles. The number of amides is 2. The lowest BCUT2D eigenvalue weighted by Gasteiger charge is -2.31. The van der Waals surface area contributed by atoms with Gasteiger partial charge in [-0.25, -0.2) is 0 Å². The monoisotopic (exact) mass is 291 g/mol. The second kappa shape index (κ2) is 6.47. The van der Waals surface area contributed by atoms with E-state index in [-0.39, 0.29) is 34.7 Å². The van der Waals surface area contributed by atoms with Crippen molar-refractivity contribution in [3.63, 3.8) is 0 Å². The molecule has 114 valence electrons. The number of carbonyl (C=O) groups excluding carboxylic acids is 2. The molecule has 6 heteroatoms. The van der Waals surface area contributed by atoms with Crippen molar-refractivity contribution in [2.75, 3.05) is 25.4 Å². The van der Waals surface area contributed by atoms with Crippen molar-refractivity contribution in [3.8, 4) is 5.75 Å². The Morgan fingerprint density at radius 2 is 2.05 bits per heavy atom. The van der Waals surface area contributed by atoms with Crippen molar-refractivity contribution < 1.29 is 14.7 Å². The van der Waals surface area contributed by atoms with E-state index in [4.69, 9.17) is 5.73 Å². The summed E-state index contributed by atoms with van der Waals surface area (Å²) in [5, 5.41) is 12.7. The number of hydrogen-bond donors (Lipinski definition) is 3. The molecule has 0 bridgehead atoms. The molecule has 0 atom stereocenters. The third-order valence-electron chi connectivity index (χ3n) is 3.80. The maximum atomic E-state index is 12.4. The van der Waals surface area contributed by atoms with Gasteiger partial charge in [-0.15, -0.1) is 0 Å². The number of anilines is 1. The van der Waals surface area contributed by atoms with Crippen LogP contribution in [-0.4, -0.2) is 41.5 Å². The predicted octanol–water partition coefficient (Wildman–Crippen LogP) is 0.963. The highest BCUT2D eigenvalue weighted by molar-refractivity contribution is 5.98. The third-order valence-corrected chi connectivity index (χ3v) is 3.80. The van der Waals surface area contributed by atoms with Crippen LogP contribution in [-0.2, 0) is 4.79 Å². The normalized spacial score (nSPS) is 15.8. The molecule has 6 nitrogen and oxygen atoms in total.